The van der Waals surface area contributed by atoms with Crippen molar-refractivity contribution in [3.8, 4) is 0 Å². The van der Waals surface area contributed by atoms with Crippen LogP contribution in [0, 0.1) is 17.6 Å². The number of hydrogen-bond acceptors (Lipinski definition) is 4. The Hall–Kier alpha value is -2.48. The van der Waals surface area contributed by atoms with Crippen LogP contribution in [0.2, 0.25) is 0 Å². The van der Waals surface area contributed by atoms with Crippen LogP contribution < -0.4 is 15.6 Å². The number of benzene rings is 1. The van der Waals surface area contributed by atoms with Crippen molar-refractivity contribution in [2.75, 3.05) is 24.5 Å². The van der Waals surface area contributed by atoms with Crippen molar-refractivity contribution in [3.63, 3.8) is 0 Å². The summed E-state index contributed by atoms with van der Waals surface area (Å²) in [6.07, 6.45) is 3.65. The van der Waals surface area contributed by atoms with Crippen molar-refractivity contribution in [2.24, 2.45) is 5.92 Å². The lowest BCUT2D eigenvalue weighted by atomic mass is 9.94. The van der Waals surface area contributed by atoms with Gasteiger partial charge in [0.05, 0.1) is 10.9 Å². The molecular weight excluding hydrogens is 368 g/mol. The van der Waals surface area contributed by atoms with Crippen molar-refractivity contribution < 1.29 is 18.7 Å². The number of carbonyl (C=O) groups is 1. The zero-order chi connectivity index (χ0) is 19.6. The van der Waals surface area contributed by atoms with Crippen molar-refractivity contribution in [3.05, 3.63) is 39.6 Å². The first kappa shape index (κ1) is 17.6. The van der Waals surface area contributed by atoms with Crippen molar-refractivity contribution in [1.29, 1.82) is 0 Å². The highest BCUT2D eigenvalue weighted by Crippen LogP contribution is 2.43. The van der Waals surface area contributed by atoms with Gasteiger partial charge in [-0.1, -0.05) is 0 Å². The van der Waals surface area contributed by atoms with Gasteiger partial charge in [0.2, 0.25) is 5.43 Å². The second kappa shape index (κ2) is 6.27. The number of anilines is 1. The molecule has 148 valence electrons. The van der Waals surface area contributed by atoms with Crippen LogP contribution in [0.15, 0.2) is 16.9 Å². The highest BCUT2D eigenvalue weighted by Gasteiger charge is 2.40. The standard InChI is InChI=1S/C20H21F2N3O3/c21-11-6-13-17(14(22)7-11)25(12-3-4-12)19(16(18(13)26)20(27)28)24-8-10-2-1-5-23-15(10)9-24/h6-7,10,12,15,23H,1-5,8-9H2,(H,27,28)/t10-,15+/m0/s1. The molecule has 0 bridgehead atoms. The van der Waals surface area contributed by atoms with Crippen LogP contribution >= 0.6 is 0 Å². The van der Waals surface area contributed by atoms with Gasteiger partial charge >= 0.3 is 5.97 Å². The number of halogens is 2. The van der Waals surface area contributed by atoms with E-state index in [-0.39, 0.29) is 34.4 Å². The predicted molar refractivity (Wildman–Crippen MR) is 100 cm³/mol. The number of piperidine rings is 1. The first-order valence-electron chi connectivity index (χ1n) is 9.74. The molecule has 6 nitrogen and oxygen atoms in total. The summed E-state index contributed by atoms with van der Waals surface area (Å²) in [7, 11) is 0. The van der Waals surface area contributed by atoms with Gasteiger partial charge in [-0.25, -0.2) is 13.6 Å². The molecule has 0 amide bonds. The van der Waals surface area contributed by atoms with Gasteiger partial charge < -0.3 is 19.9 Å². The van der Waals surface area contributed by atoms with Crippen molar-refractivity contribution in [1.82, 2.24) is 9.88 Å². The Morgan fingerprint density at radius 3 is 2.64 bits per heavy atom. The number of carboxylic acids is 1. The minimum Gasteiger partial charge on any atom is -0.477 e. The molecule has 8 heteroatoms. The number of carboxylic acid groups (broad SMARTS) is 1. The maximum atomic E-state index is 14.8. The molecule has 2 N–H and O–H groups in total. The topological polar surface area (TPSA) is 74.6 Å². The molecule has 2 saturated heterocycles. The van der Waals surface area contributed by atoms with Crippen molar-refractivity contribution in [2.45, 2.75) is 37.8 Å². The van der Waals surface area contributed by atoms with Crippen LogP contribution in [0.1, 0.15) is 42.1 Å². The van der Waals surface area contributed by atoms with E-state index in [1.54, 1.807) is 4.57 Å². The van der Waals surface area contributed by atoms with E-state index in [2.05, 4.69) is 5.32 Å². The van der Waals surface area contributed by atoms with E-state index >= 15 is 0 Å². The third-order valence-corrected chi connectivity index (χ3v) is 6.22. The Bertz CT molecular complexity index is 1030. The highest BCUT2D eigenvalue weighted by molar-refractivity contribution is 5.99. The SMILES string of the molecule is O=C(O)c1c(N2C[C@@H]3CCCN[C@@H]3C2)n(C2CC2)c2c(F)cc(F)cc2c1=O. The van der Waals surface area contributed by atoms with Crippen LogP contribution in [-0.4, -0.2) is 41.3 Å². The summed E-state index contributed by atoms with van der Waals surface area (Å²) in [6.45, 7) is 2.12. The van der Waals surface area contributed by atoms with E-state index in [1.807, 2.05) is 4.90 Å². The molecule has 3 aliphatic rings. The zero-order valence-electron chi connectivity index (χ0n) is 15.3. The summed E-state index contributed by atoms with van der Waals surface area (Å²) < 4.78 is 30.2. The van der Waals surface area contributed by atoms with Gasteiger partial charge in [-0.15, -0.1) is 0 Å². The van der Waals surface area contributed by atoms with Gasteiger partial charge in [0.15, 0.2) is 5.82 Å². The van der Waals surface area contributed by atoms with Gasteiger partial charge in [0.1, 0.15) is 17.2 Å². The van der Waals surface area contributed by atoms with E-state index in [4.69, 9.17) is 0 Å². The van der Waals surface area contributed by atoms with E-state index in [1.165, 1.54) is 0 Å². The normalized spacial score (nSPS) is 24.6. The largest absolute Gasteiger partial charge is 0.477 e. The minimum absolute atomic E-state index is 0.0109. The number of nitrogens with one attached hydrogen (secondary N) is 1. The lowest BCUT2D eigenvalue weighted by Gasteiger charge is -2.27. The van der Waals surface area contributed by atoms with E-state index in [9.17, 15) is 23.5 Å². The smallest absolute Gasteiger partial charge is 0.343 e. The highest BCUT2D eigenvalue weighted by atomic mass is 19.1. The first-order chi connectivity index (χ1) is 13.5. The number of nitrogens with zero attached hydrogens (tertiary/aromatic N) is 2. The first-order valence-corrected chi connectivity index (χ1v) is 9.74. The summed E-state index contributed by atoms with van der Waals surface area (Å²) >= 11 is 0. The van der Waals surface area contributed by atoms with Gasteiger partial charge in [-0.3, -0.25) is 4.79 Å². The molecule has 2 atom stereocenters. The Balaban J connectivity index is 1.80. The third-order valence-electron chi connectivity index (χ3n) is 6.22. The summed E-state index contributed by atoms with van der Waals surface area (Å²) in [5, 5.41) is 13.1. The maximum Gasteiger partial charge on any atom is 0.343 e. The van der Waals surface area contributed by atoms with Crippen LogP contribution in [0.5, 0.6) is 0 Å². The second-order valence-corrected chi connectivity index (χ2v) is 8.09. The third kappa shape index (κ3) is 2.62. The molecule has 0 radical (unpaired) electrons. The van der Waals surface area contributed by atoms with Crippen LogP contribution in [0.4, 0.5) is 14.6 Å². The fourth-order valence-electron chi connectivity index (χ4n) is 4.86. The maximum absolute atomic E-state index is 14.8. The molecule has 28 heavy (non-hydrogen) atoms. The molecule has 3 fully saturated rings. The Kier molecular flexibility index (Phi) is 3.94. The quantitative estimate of drug-likeness (QED) is 0.844. The average Bonchev–Trinajstić information content (AvgIpc) is 3.39. The molecule has 2 aromatic rings. The molecule has 1 aromatic carbocycles. The summed E-state index contributed by atoms with van der Waals surface area (Å²) in [5.41, 5.74) is -1.20. The average molecular weight is 389 g/mol. The Labute approximate surface area is 159 Å². The molecule has 0 spiro atoms. The van der Waals surface area contributed by atoms with Crippen molar-refractivity contribution >= 4 is 22.7 Å². The van der Waals surface area contributed by atoms with Crippen LogP contribution in [0.25, 0.3) is 10.9 Å². The summed E-state index contributed by atoms with van der Waals surface area (Å²) in [4.78, 5) is 27.0. The number of pyridine rings is 1. The number of hydrogen-bond donors (Lipinski definition) is 2. The Morgan fingerprint density at radius 2 is 1.96 bits per heavy atom. The minimum atomic E-state index is -1.36. The number of fused-ring (bicyclic) bond motifs is 2. The van der Waals surface area contributed by atoms with E-state index < -0.39 is 23.0 Å². The Morgan fingerprint density at radius 1 is 1.18 bits per heavy atom. The van der Waals surface area contributed by atoms with Gasteiger partial charge in [-0.05, 0) is 44.2 Å². The van der Waals surface area contributed by atoms with Gasteiger partial charge in [0.25, 0.3) is 0 Å². The molecule has 2 aliphatic heterocycles. The summed E-state index contributed by atoms with van der Waals surface area (Å²) in [6, 6.07) is 1.86. The molecule has 1 aromatic heterocycles. The number of aromatic nitrogens is 1. The van der Waals surface area contributed by atoms with Gasteiger partial charge in [-0.2, -0.15) is 0 Å². The molecule has 0 unspecified atom stereocenters. The number of rotatable bonds is 3. The van der Waals surface area contributed by atoms with Crippen LogP contribution in [-0.2, 0) is 0 Å². The van der Waals surface area contributed by atoms with E-state index in [0.717, 1.165) is 44.4 Å². The van der Waals surface area contributed by atoms with Crippen LogP contribution in [0.3, 0.4) is 0 Å². The monoisotopic (exact) mass is 389 g/mol. The molecule has 1 saturated carbocycles. The molecule has 3 heterocycles. The fraction of sp³-hybridized carbons (Fsp3) is 0.500. The molecule has 5 rings (SSSR count). The fourth-order valence-corrected chi connectivity index (χ4v) is 4.86. The molecule has 1 aliphatic carbocycles. The van der Waals surface area contributed by atoms with E-state index in [0.29, 0.717) is 19.0 Å². The summed E-state index contributed by atoms with van der Waals surface area (Å²) in [5.74, 6) is -2.43. The molecular formula is C20H21F2N3O3. The van der Waals surface area contributed by atoms with Gasteiger partial charge in [0, 0.05) is 31.2 Å². The number of aromatic carboxylic acids is 1. The lowest BCUT2D eigenvalue weighted by Crippen LogP contribution is -2.41. The predicted octanol–water partition coefficient (Wildman–Crippen LogP) is 2.50. The lowest BCUT2D eigenvalue weighted by molar-refractivity contribution is 0.0695. The second-order valence-electron chi connectivity index (χ2n) is 8.09. The zero-order valence-corrected chi connectivity index (χ0v) is 15.3.